The summed E-state index contributed by atoms with van der Waals surface area (Å²) in [5.74, 6) is -0.114. The lowest BCUT2D eigenvalue weighted by Crippen LogP contribution is -2.45. The van der Waals surface area contributed by atoms with Crippen LogP contribution in [-0.2, 0) is 14.3 Å². The molecule has 2 unspecified atom stereocenters. The van der Waals surface area contributed by atoms with Crippen molar-refractivity contribution in [2.75, 3.05) is 13.2 Å². The van der Waals surface area contributed by atoms with Crippen LogP contribution in [0.5, 0.6) is 0 Å². The zero-order chi connectivity index (χ0) is 47.9. The Kier molecular flexibility index (Phi) is 53.6. The molecule has 6 heteroatoms. The Balaban J connectivity index is 3.46. The number of carbonyl (C=O) groups is 2. The van der Waals surface area contributed by atoms with Crippen molar-refractivity contribution in [3.8, 4) is 0 Å². The van der Waals surface area contributed by atoms with Crippen LogP contribution in [0, 0.1) is 0 Å². The number of allylic oxidation sites excluding steroid dienone is 6. The Morgan fingerprint density at radius 1 is 0.424 bits per heavy atom. The normalized spacial score (nSPS) is 13.0. The van der Waals surface area contributed by atoms with Crippen LogP contribution in [0.4, 0.5) is 0 Å². The lowest BCUT2D eigenvalue weighted by atomic mass is 10.0. The molecule has 0 saturated carbocycles. The van der Waals surface area contributed by atoms with Gasteiger partial charge in [0.2, 0.25) is 5.91 Å². The summed E-state index contributed by atoms with van der Waals surface area (Å²) in [6.45, 7) is 4.77. The van der Waals surface area contributed by atoms with Crippen molar-refractivity contribution in [1.82, 2.24) is 5.32 Å². The summed E-state index contributed by atoms with van der Waals surface area (Å²) in [7, 11) is 0. The van der Waals surface area contributed by atoms with Crippen LogP contribution in [0.1, 0.15) is 296 Å². The Morgan fingerprint density at radius 3 is 1.17 bits per heavy atom. The standard InChI is InChI=1S/C60H111NO5/c1-3-5-7-9-11-13-15-16-17-23-27-30-34-38-42-46-50-54-60(65)66-55-51-47-43-39-35-31-28-25-22-20-18-19-21-24-26-29-33-37-41-45-49-53-59(64)61-57(56-62)58(63)52-48-44-40-36-32-14-12-10-8-6-4-2/h16-17,31,35,43,47-48,52,57-58,62-63H,3-15,18-30,32-34,36-42,44-46,49-51,53-56H2,1-2H3,(H,61,64)/b17-16-,35-31-,47-43-,52-48+. The van der Waals surface area contributed by atoms with E-state index in [0.29, 0.717) is 19.4 Å². The van der Waals surface area contributed by atoms with Crippen LogP contribution in [0.15, 0.2) is 48.6 Å². The van der Waals surface area contributed by atoms with E-state index < -0.39 is 12.1 Å². The Hall–Kier alpha value is -2.18. The van der Waals surface area contributed by atoms with E-state index in [2.05, 4.69) is 55.6 Å². The fraction of sp³-hybridized carbons (Fsp3) is 0.833. The van der Waals surface area contributed by atoms with E-state index in [1.807, 2.05) is 6.08 Å². The highest BCUT2D eigenvalue weighted by atomic mass is 16.5. The van der Waals surface area contributed by atoms with Crippen molar-refractivity contribution in [3.63, 3.8) is 0 Å². The molecule has 2 atom stereocenters. The minimum atomic E-state index is -0.847. The molecule has 0 fully saturated rings. The van der Waals surface area contributed by atoms with Gasteiger partial charge >= 0.3 is 5.97 Å². The average molecular weight is 927 g/mol. The number of nitrogens with one attached hydrogen (secondary N) is 1. The molecule has 0 aliphatic carbocycles. The first-order valence-corrected chi connectivity index (χ1v) is 28.9. The minimum absolute atomic E-state index is 0.0398. The minimum Gasteiger partial charge on any atom is -0.465 e. The third kappa shape index (κ3) is 51.2. The van der Waals surface area contributed by atoms with Gasteiger partial charge in [-0.2, -0.15) is 0 Å². The molecule has 0 radical (unpaired) electrons. The number of hydrogen-bond donors (Lipinski definition) is 3. The van der Waals surface area contributed by atoms with Crippen LogP contribution < -0.4 is 5.32 Å². The van der Waals surface area contributed by atoms with Gasteiger partial charge in [0.05, 0.1) is 25.4 Å². The number of rotatable bonds is 53. The van der Waals surface area contributed by atoms with Crippen molar-refractivity contribution in [3.05, 3.63) is 48.6 Å². The summed E-state index contributed by atoms with van der Waals surface area (Å²) < 4.78 is 5.42. The monoisotopic (exact) mass is 926 g/mol. The quantitative estimate of drug-likeness (QED) is 0.0321. The second-order valence-electron chi connectivity index (χ2n) is 19.6. The zero-order valence-corrected chi connectivity index (χ0v) is 43.9. The van der Waals surface area contributed by atoms with E-state index in [0.717, 1.165) is 51.4 Å². The van der Waals surface area contributed by atoms with E-state index in [1.54, 1.807) is 6.08 Å². The van der Waals surface area contributed by atoms with Crippen molar-refractivity contribution in [2.24, 2.45) is 0 Å². The van der Waals surface area contributed by atoms with Gasteiger partial charge in [-0.15, -0.1) is 0 Å². The van der Waals surface area contributed by atoms with Gasteiger partial charge in [-0.05, 0) is 77.0 Å². The van der Waals surface area contributed by atoms with Gasteiger partial charge in [-0.1, -0.05) is 255 Å². The highest BCUT2D eigenvalue weighted by Gasteiger charge is 2.18. The first-order chi connectivity index (χ1) is 32.5. The predicted octanol–water partition coefficient (Wildman–Crippen LogP) is 17.8. The largest absolute Gasteiger partial charge is 0.465 e. The van der Waals surface area contributed by atoms with E-state index in [4.69, 9.17) is 4.74 Å². The Bertz CT molecular complexity index is 1110. The van der Waals surface area contributed by atoms with Crippen molar-refractivity contribution >= 4 is 11.9 Å². The molecule has 0 aromatic heterocycles. The molecule has 0 aromatic carbocycles. The Labute approximate surface area is 410 Å². The van der Waals surface area contributed by atoms with Gasteiger partial charge in [0.1, 0.15) is 0 Å². The van der Waals surface area contributed by atoms with E-state index in [9.17, 15) is 19.8 Å². The van der Waals surface area contributed by atoms with Crippen molar-refractivity contribution < 1.29 is 24.5 Å². The fourth-order valence-corrected chi connectivity index (χ4v) is 8.64. The van der Waals surface area contributed by atoms with Crippen molar-refractivity contribution in [2.45, 2.75) is 309 Å². The molecule has 6 nitrogen and oxygen atoms in total. The van der Waals surface area contributed by atoms with Crippen LogP contribution in [0.3, 0.4) is 0 Å². The van der Waals surface area contributed by atoms with E-state index in [1.165, 1.54) is 218 Å². The van der Waals surface area contributed by atoms with Gasteiger partial charge in [-0.25, -0.2) is 0 Å². The molecule has 386 valence electrons. The lowest BCUT2D eigenvalue weighted by Gasteiger charge is -2.20. The topological polar surface area (TPSA) is 95.9 Å². The third-order valence-electron chi connectivity index (χ3n) is 13.1. The summed E-state index contributed by atoms with van der Waals surface area (Å²) in [6, 6.07) is -0.631. The molecule has 66 heavy (non-hydrogen) atoms. The molecule has 0 aliphatic rings. The smallest absolute Gasteiger partial charge is 0.305 e. The van der Waals surface area contributed by atoms with Gasteiger partial charge < -0.3 is 20.3 Å². The molecule has 0 bridgehead atoms. The zero-order valence-electron chi connectivity index (χ0n) is 43.9. The number of hydrogen-bond acceptors (Lipinski definition) is 5. The van der Waals surface area contributed by atoms with Crippen LogP contribution in [0.2, 0.25) is 0 Å². The number of aliphatic hydroxyl groups is 2. The molecule has 1 amide bonds. The van der Waals surface area contributed by atoms with Gasteiger partial charge in [0, 0.05) is 12.8 Å². The maximum absolute atomic E-state index is 12.4. The molecular weight excluding hydrogens is 815 g/mol. The van der Waals surface area contributed by atoms with Crippen LogP contribution in [-0.4, -0.2) is 47.4 Å². The van der Waals surface area contributed by atoms with Crippen LogP contribution >= 0.6 is 0 Å². The Morgan fingerprint density at radius 2 is 0.758 bits per heavy atom. The fourth-order valence-electron chi connectivity index (χ4n) is 8.64. The maximum Gasteiger partial charge on any atom is 0.305 e. The number of aliphatic hydroxyl groups excluding tert-OH is 2. The molecule has 3 N–H and O–H groups in total. The van der Waals surface area contributed by atoms with E-state index in [-0.39, 0.29) is 18.5 Å². The number of ether oxygens (including phenoxy) is 1. The summed E-state index contributed by atoms with van der Waals surface area (Å²) in [6.07, 6.45) is 70.1. The number of unbranched alkanes of at least 4 members (excludes halogenated alkanes) is 36. The van der Waals surface area contributed by atoms with Gasteiger partial charge in [0.15, 0.2) is 0 Å². The first-order valence-electron chi connectivity index (χ1n) is 28.9. The molecule has 0 rings (SSSR count). The van der Waals surface area contributed by atoms with Gasteiger partial charge in [0.25, 0.3) is 0 Å². The lowest BCUT2D eigenvalue weighted by molar-refractivity contribution is -0.143. The molecule has 0 heterocycles. The molecule has 0 aliphatic heterocycles. The molecule has 0 aromatic rings. The first kappa shape index (κ1) is 63.8. The highest BCUT2D eigenvalue weighted by Crippen LogP contribution is 2.16. The summed E-state index contributed by atoms with van der Waals surface area (Å²) in [5, 5.41) is 23.0. The summed E-state index contributed by atoms with van der Waals surface area (Å²) in [5.41, 5.74) is 0. The van der Waals surface area contributed by atoms with Crippen LogP contribution in [0.25, 0.3) is 0 Å². The van der Waals surface area contributed by atoms with E-state index >= 15 is 0 Å². The molecular formula is C60H111NO5. The highest BCUT2D eigenvalue weighted by molar-refractivity contribution is 5.76. The number of amides is 1. The number of carbonyl (C=O) groups excluding carboxylic acids is 2. The van der Waals surface area contributed by atoms with Gasteiger partial charge in [-0.3, -0.25) is 9.59 Å². The average Bonchev–Trinajstić information content (AvgIpc) is 3.32. The SMILES string of the molecule is CCCCCCCC/C=C\CCCCCCCCCC(=O)OCC/C=C\C/C=C\CCCCCCCCCCCCCCCCC(=O)NC(CO)C(O)/C=C/CCCCCCCCCCC. The summed E-state index contributed by atoms with van der Waals surface area (Å²) >= 11 is 0. The van der Waals surface area contributed by atoms with Crippen molar-refractivity contribution in [1.29, 1.82) is 0 Å². The second-order valence-corrected chi connectivity index (χ2v) is 19.6. The summed E-state index contributed by atoms with van der Waals surface area (Å²) in [4.78, 5) is 24.4. The predicted molar refractivity (Wildman–Crippen MR) is 287 cm³/mol. The molecule has 0 spiro atoms. The maximum atomic E-state index is 12.4. The number of esters is 1. The molecule has 0 saturated heterocycles. The third-order valence-corrected chi connectivity index (χ3v) is 13.1. The second kappa shape index (κ2) is 55.4.